The number of carbonyl (C=O) groups excluding carboxylic acids is 1. The number of rotatable bonds is 3. The summed E-state index contributed by atoms with van der Waals surface area (Å²) in [5.74, 6) is 1.16. The fraction of sp³-hybridized carbons (Fsp3) is 0.941. The summed E-state index contributed by atoms with van der Waals surface area (Å²) in [6.07, 6.45) is 15.2. The van der Waals surface area contributed by atoms with Crippen LogP contribution in [0.3, 0.4) is 0 Å². The van der Waals surface area contributed by atoms with E-state index in [2.05, 4.69) is 16.5 Å². The Morgan fingerprint density at radius 1 is 1.14 bits per heavy atom. The maximum Gasteiger partial charge on any atom is 0.244 e. The van der Waals surface area contributed by atoms with E-state index < -0.39 is 0 Å². The van der Waals surface area contributed by atoms with Gasteiger partial charge >= 0.3 is 0 Å². The third-order valence-corrected chi connectivity index (χ3v) is 7.38. The van der Waals surface area contributed by atoms with Crippen molar-refractivity contribution in [2.45, 2.75) is 87.2 Å². The van der Waals surface area contributed by atoms with E-state index in [0.717, 1.165) is 18.1 Å². The monoisotopic (exact) mass is 308 g/mol. The van der Waals surface area contributed by atoms with Gasteiger partial charge in [0.2, 0.25) is 5.91 Å². The van der Waals surface area contributed by atoms with E-state index >= 15 is 0 Å². The second kappa shape index (κ2) is 5.45. The third kappa shape index (κ3) is 2.42. The highest BCUT2D eigenvalue weighted by molar-refractivity contribution is 7.99. The van der Waals surface area contributed by atoms with E-state index in [1.807, 2.05) is 11.8 Å². The van der Waals surface area contributed by atoms with Gasteiger partial charge in [0, 0.05) is 11.3 Å². The van der Waals surface area contributed by atoms with Crippen LogP contribution in [0, 0.1) is 5.92 Å². The lowest BCUT2D eigenvalue weighted by Crippen LogP contribution is -2.49. The molecule has 3 unspecified atom stereocenters. The Morgan fingerprint density at radius 3 is 2.57 bits per heavy atom. The fourth-order valence-electron chi connectivity index (χ4n) is 4.87. The Hall–Kier alpha value is -0.220. The Morgan fingerprint density at radius 2 is 1.90 bits per heavy atom. The van der Waals surface area contributed by atoms with Gasteiger partial charge in [-0.1, -0.05) is 19.3 Å². The standard InChI is InChI=1S/C17H28N2OS/c1-21-14-8-4-7-13(11-14)19-15(12-5-2-3-6-12)18-17(9-10-17)16(19)20/h12-15,18H,2-11H2,1H3. The van der Waals surface area contributed by atoms with Gasteiger partial charge in [-0.2, -0.15) is 11.8 Å². The van der Waals surface area contributed by atoms with Crippen molar-refractivity contribution in [3.8, 4) is 0 Å². The third-order valence-electron chi connectivity index (χ3n) is 6.29. The first-order valence-corrected chi connectivity index (χ1v) is 10.2. The van der Waals surface area contributed by atoms with Crippen molar-refractivity contribution in [3.63, 3.8) is 0 Å². The van der Waals surface area contributed by atoms with Crippen molar-refractivity contribution < 1.29 is 4.79 Å². The van der Waals surface area contributed by atoms with E-state index in [9.17, 15) is 4.79 Å². The summed E-state index contributed by atoms with van der Waals surface area (Å²) in [6, 6.07) is 0.502. The minimum absolute atomic E-state index is 0.125. The van der Waals surface area contributed by atoms with Gasteiger partial charge in [-0.05, 0) is 57.1 Å². The van der Waals surface area contributed by atoms with Crippen LogP contribution in [0.2, 0.25) is 0 Å². The quantitative estimate of drug-likeness (QED) is 0.869. The summed E-state index contributed by atoms with van der Waals surface area (Å²) >= 11 is 2.00. The maximum atomic E-state index is 13.0. The highest BCUT2D eigenvalue weighted by Gasteiger charge is 2.61. The molecule has 0 aromatic rings. The predicted molar refractivity (Wildman–Crippen MR) is 87.3 cm³/mol. The fourth-order valence-corrected chi connectivity index (χ4v) is 5.69. The van der Waals surface area contributed by atoms with Gasteiger partial charge in [0.1, 0.15) is 0 Å². The molecular formula is C17H28N2OS. The average molecular weight is 308 g/mol. The Balaban J connectivity index is 1.55. The first-order chi connectivity index (χ1) is 10.2. The molecule has 4 rings (SSSR count). The lowest BCUT2D eigenvalue weighted by atomic mass is 9.92. The Labute approximate surface area is 132 Å². The molecule has 1 amide bonds. The zero-order valence-electron chi connectivity index (χ0n) is 13.1. The molecule has 4 fully saturated rings. The van der Waals surface area contributed by atoms with E-state index in [1.54, 1.807) is 0 Å². The molecule has 0 aromatic carbocycles. The molecule has 1 heterocycles. The second-order valence-electron chi connectivity index (χ2n) is 7.61. The molecule has 21 heavy (non-hydrogen) atoms. The molecule has 1 N–H and O–H groups in total. The van der Waals surface area contributed by atoms with E-state index in [4.69, 9.17) is 0 Å². The zero-order valence-corrected chi connectivity index (χ0v) is 14.0. The van der Waals surface area contributed by atoms with E-state index in [0.29, 0.717) is 24.0 Å². The van der Waals surface area contributed by atoms with Crippen LogP contribution in [0.4, 0.5) is 0 Å². The van der Waals surface area contributed by atoms with Gasteiger partial charge in [0.25, 0.3) is 0 Å². The van der Waals surface area contributed by atoms with Crippen LogP contribution in [-0.2, 0) is 4.79 Å². The highest BCUT2D eigenvalue weighted by Crippen LogP contribution is 2.47. The summed E-state index contributed by atoms with van der Waals surface area (Å²) in [4.78, 5) is 15.3. The number of thioether (sulfide) groups is 1. The van der Waals surface area contributed by atoms with Crippen molar-refractivity contribution in [1.29, 1.82) is 0 Å². The van der Waals surface area contributed by atoms with Crippen molar-refractivity contribution >= 4 is 17.7 Å². The van der Waals surface area contributed by atoms with Crippen LogP contribution in [0.15, 0.2) is 0 Å². The van der Waals surface area contributed by atoms with Crippen LogP contribution < -0.4 is 5.32 Å². The number of carbonyl (C=O) groups is 1. The average Bonchev–Trinajstić information content (AvgIpc) is 2.97. The van der Waals surface area contributed by atoms with Gasteiger partial charge in [0.05, 0.1) is 11.7 Å². The van der Waals surface area contributed by atoms with Crippen molar-refractivity contribution in [2.75, 3.05) is 6.26 Å². The van der Waals surface area contributed by atoms with Gasteiger partial charge in [-0.25, -0.2) is 0 Å². The Kier molecular flexibility index (Phi) is 3.73. The molecule has 3 aliphatic carbocycles. The second-order valence-corrected chi connectivity index (χ2v) is 8.74. The molecule has 4 heteroatoms. The largest absolute Gasteiger partial charge is 0.322 e. The summed E-state index contributed by atoms with van der Waals surface area (Å²) < 4.78 is 0. The lowest BCUT2D eigenvalue weighted by Gasteiger charge is -2.39. The first kappa shape index (κ1) is 14.4. The topological polar surface area (TPSA) is 32.3 Å². The molecule has 3 nitrogen and oxygen atoms in total. The molecule has 0 bridgehead atoms. The van der Waals surface area contributed by atoms with Crippen LogP contribution in [-0.4, -0.2) is 40.1 Å². The summed E-state index contributed by atoms with van der Waals surface area (Å²) in [6.45, 7) is 0. The van der Waals surface area contributed by atoms with Crippen LogP contribution >= 0.6 is 11.8 Å². The normalized spacial score (nSPS) is 39.4. The van der Waals surface area contributed by atoms with E-state index in [1.165, 1.54) is 51.4 Å². The van der Waals surface area contributed by atoms with Crippen LogP contribution in [0.25, 0.3) is 0 Å². The van der Waals surface area contributed by atoms with Gasteiger partial charge in [0.15, 0.2) is 0 Å². The van der Waals surface area contributed by atoms with Gasteiger partial charge in [-0.3, -0.25) is 10.1 Å². The number of amides is 1. The smallest absolute Gasteiger partial charge is 0.244 e. The van der Waals surface area contributed by atoms with Gasteiger partial charge < -0.3 is 4.90 Å². The molecular weight excluding hydrogens is 280 g/mol. The maximum absolute atomic E-state index is 13.0. The van der Waals surface area contributed by atoms with Crippen molar-refractivity contribution in [3.05, 3.63) is 0 Å². The number of hydrogen-bond acceptors (Lipinski definition) is 3. The molecule has 3 atom stereocenters. The Bertz CT molecular complexity index is 417. The molecule has 3 saturated carbocycles. The molecule has 0 radical (unpaired) electrons. The van der Waals surface area contributed by atoms with Crippen molar-refractivity contribution in [1.82, 2.24) is 10.2 Å². The van der Waals surface area contributed by atoms with E-state index in [-0.39, 0.29) is 5.54 Å². The molecule has 1 aliphatic heterocycles. The number of nitrogens with one attached hydrogen (secondary N) is 1. The molecule has 4 aliphatic rings. The minimum Gasteiger partial charge on any atom is -0.322 e. The SMILES string of the molecule is CSC1CCCC(N2C(=O)C3(CC3)NC2C2CCCC2)C1. The summed E-state index contributed by atoms with van der Waals surface area (Å²) in [5, 5.41) is 4.54. The van der Waals surface area contributed by atoms with Crippen molar-refractivity contribution in [2.24, 2.45) is 5.92 Å². The van der Waals surface area contributed by atoms with Crippen LogP contribution in [0.1, 0.15) is 64.2 Å². The zero-order chi connectivity index (χ0) is 14.4. The first-order valence-electron chi connectivity index (χ1n) is 8.87. The number of hydrogen-bond donors (Lipinski definition) is 1. The molecule has 1 saturated heterocycles. The highest BCUT2D eigenvalue weighted by atomic mass is 32.2. The van der Waals surface area contributed by atoms with Crippen LogP contribution in [0.5, 0.6) is 0 Å². The minimum atomic E-state index is -0.125. The molecule has 0 aromatic heterocycles. The molecule has 1 spiro atoms. The predicted octanol–water partition coefficient (Wildman–Crippen LogP) is 3.14. The summed E-state index contributed by atoms with van der Waals surface area (Å²) in [7, 11) is 0. The van der Waals surface area contributed by atoms with Gasteiger partial charge in [-0.15, -0.1) is 0 Å². The summed E-state index contributed by atoms with van der Waals surface area (Å²) in [5.41, 5.74) is -0.125. The molecule has 118 valence electrons. The lowest BCUT2D eigenvalue weighted by molar-refractivity contribution is -0.134. The number of nitrogens with zero attached hydrogens (tertiary/aromatic N) is 1.